The van der Waals surface area contributed by atoms with Crippen molar-refractivity contribution in [2.24, 2.45) is 0 Å². The molecule has 0 heterocycles. The topological polar surface area (TPSA) is 102 Å². The van der Waals surface area contributed by atoms with Crippen LogP contribution in [0.5, 0.6) is 0 Å². The molecular weight excluding hydrogens is 654 g/mol. The SMILES string of the molecule is CCCC/C=C/CCCCCCCC(=O)OC(COCCC(C(=O)[O-])[N+](C)(C)C)COC(=O)CCCCCCCCC/C=C/C/C=C/CCCCC. The maximum atomic E-state index is 12.6. The molecule has 8 nitrogen and oxygen atoms in total. The highest BCUT2D eigenvalue weighted by molar-refractivity contribution is 5.70. The number of nitrogens with zero attached hydrogens (tertiary/aromatic N) is 1. The van der Waals surface area contributed by atoms with Gasteiger partial charge in [0, 0.05) is 19.3 Å². The molecule has 0 spiro atoms. The van der Waals surface area contributed by atoms with Crippen LogP contribution in [0.2, 0.25) is 0 Å². The summed E-state index contributed by atoms with van der Waals surface area (Å²) in [7, 11) is 5.39. The largest absolute Gasteiger partial charge is 0.544 e. The van der Waals surface area contributed by atoms with Crippen molar-refractivity contribution in [3.05, 3.63) is 36.5 Å². The molecule has 0 saturated carbocycles. The maximum absolute atomic E-state index is 12.6. The first-order valence-electron chi connectivity index (χ1n) is 21.0. The lowest BCUT2D eigenvalue weighted by molar-refractivity contribution is -0.889. The Balaban J connectivity index is 4.35. The number of carboxylic acid groups (broad SMARTS) is 1. The van der Waals surface area contributed by atoms with Crippen molar-refractivity contribution in [2.75, 3.05) is 41.0 Å². The lowest BCUT2D eigenvalue weighted by Gasteiger charge is -2.34. The summed E-state index contributed by atoms with van der Waals surface area (Å²) >= 11 is 0. The van der Waals surface area contributed by atoms with Gasteiger partial charge in [0.25, 0.3) is 0 Å². The van der Waals surface area contributed by atoms with Crippen LogP contribution in [0.15, 0.2) is 36.5 Å². The number of allylic oxidation sites excluding steroid dienone is 6. The summed E-state index contributed by atoms with van der Waals surface area (Å²) in [5.74, 6) is -1.76. The number of carbonyl (C=O) groups excluding carboxylic acids is 3. The van der Waals surface area contributed by atoms with Crippen LogP contribution >= 0.6 is 0 Å². The van der Waals surface area contributed by atoms with E-state index in [1.54, 1.807) is 21.1 Å². The molecule has 2 atom stereocenters. The molecule has 0 amide bonds. The van der Waals surface area contributed by atoms with Crippen LogP contribution in [-0.4, -0.2) is 75.5 Å². The Morgan fingerprint density at radius 3 is 1.56 bits per heavy atom. The lowest BCUT2D eigenvalue weighted by Crippen LogP contribution is -2.55. The van der Waals surface area contributed by atoms with Crippen molar-refractivity contribution in [1.82, 2.24) is 0 Å². The van der Waals surface area contributed by atoms with E-state index < -0.39 is 18.1 Å². The normalized spacial score (nSPS) is 13.3. The Bertz CT molecular complexity index is 953. The number of carboxylic acids is 1. The van der Waals surface area contributed by atoms with Gasteiger partial charge in [0.2, 0.25) is 0 Å². The molecule has 2 unspecified atom stereocenters. The quantitative estimate of drug-likeness (QED) is 0.0271. The molecule has 0 aromatic heterocycles. The van der Waals surface area contributed by atoms with Crippen molar-refractivity contribution in [3.8, 4) is 0 Å². The number of unbranched alkanes of at least 4 members (excludes halogenated alkanes) is 17. The smallest absolute Gasteiger partial charge is 0.306 e. The second kappa shape index (κ2) is 35.6. The zero-order chi connectivity index (χ0) is 38.5. The second-order valence-corrected chi connectivity index (χ2v) is 15.2. The third-order valence-corrected chi connectivity index (χ3v) is 9.25. The highest BCUT2D eigenvalue weighted by Crippen LogP contribution is 2.13. The monoisotopic (exact) mass is 734 g/mol. The summed E-state index contributed by atoms with van der Waals surface area (Å²) in [6.07, 6.45) is 38.8. The number of hydrogen-bond acceptors (Lipinski definition) is 7. The average molecular weight is 734 g/mol. The minimum atomic E-state index is -1.13. The van der Waals surface area contributed by atoms with E-state index in [2.05, 4.69) is 50.3 Å². The van der Waals surface area contributed by atoms with Gasteiger partial charge < -0.3 is 28.6 Å². The molecule has 52 heavy (non-hydrogen) atoms. The fourth-order valence-electron chi connectivity index (χ4n) is 5.90. The molecule has 0 aliphatic rings. The van der Waals surface area contributed by atoms with Crippen LogP contribution in [-0.2, 0) is 28.6 Å². The van der Waals surface area contributed by atoms with Gasteiger partial charge in [-0.25, -0.2) is 0 Å². The molecule has 302 valence electrons. The molecule has 0 aliphatic carbocycles. The minimum Gasteiger partial charge on any atom is -0.544 e. The Hall–Kier alpha value is -2.45. The fourth-order valence-corrected chi connectivity index (χ4v) is 5.90. The van der Waals surface area contributed by atoms with Gasteiger partial charge in [-0.1, -0.05) is 127 Å². The van der Waals surface area contributed by atoms with E-state index in [4.69, 9.17) is 14.2 Å². The van der Waals surface area contributed by atoms with Crippen LogP contribution in [0.3, 0.4) is 0 Å². The van der Waals surface area contributed by atoms with Gasteiger partial charge in [0.15, 0.2) is 6.10 Å². The van der Waals surface area contributed by atoms with Gasteiger partial charge in [-0.15, -0.1) is 0 Å². The van der Waals surface area contributed by atoms with E-state index >= 15 is 0 Å². The third-order valence-electron chi connectivity index (χ3n) is 9.25. The Labute approximate surface area is 319 Å². The highest BCUT2D eigenvalue weighted by atomic mass is 16.6. The predicted molar refractivity (Wildman–Crippen MR) is 213 cm³/mol. The zero-order valence-corrected chi connectivity index (χ0v) is 34.2. The molecule has 0 aromatic carbocycles. The summed E-state index contributed by atoms with van der Waals surface area (Å²) in [4.78, 5) is 36.7. The molecular formula is C44H79NO7. The van der Waals surface area contributed by atoms with Gasteiger partial charge in [0.1, 0.15) is 12.6 Å². The van der Waals surface area contributed by atoms with E-state index in [0.29, 0.717) is 12.8 Å². The number of ether oxygens (including phenoxy) is 3. The van der Waals surface area contributed by atoms with Crippen molar-refractivity contribution in [1.29, 1.82) is 0 Å². The molecule has 0 aromatic rings. The Morgan fingerprint density at radius 1 is 0.577 bits per heavy atom. The summed E-state index contributed by atoms with van der Waals surface area (Å²) in [6.45, 7) is 4.57. The number of quaternary nitrogens is 1. The van der Waals surface area contributed by atoms with Crippen molar-refractivity contribution in [2.45, 2.75) is 187 Å². The third kappa shape index (κ3) is 33.4. The van der Waals surface area contributed by atoms with Crippen molar-refractivity contribution < 1.29 is 38.2 Å². The van der Waals surface area contributed by atoms with Crippen LogP contribution in [0.1, 0.15) is 174 Å². The Morgan fingerprint density at radius 2 is 1.04 bits per heavy atom. The number of esters is 2. The molecule has 0 fully saturated rings. The van der Waals surface area contributed by atoms with Crippen molar-refractivity contribution >= 4 is 17.9 Å². The lowest BCUT2D eigenvalue weighted by atomic mass is 10.1. The standard InChI is InChI=1S/C44H79NO7/c1-6-8-10-12-14-16-18-19-20-21-22-23-25-26-28-30-32-34-42(46)51-39-40(38-50-37-36-41(44(48)49)45(3,4)5)52-43(47)35-33-31-29-27-24-17-15-13-11-9-7-2/h13-16,19-20,40-41H,6-12,17-18,21-39H2,1-5H3/b15-13+,16-14+,20-19+. The molecule has 0 rings (SSSR count). The summed E-state index contributed by atoms with van der Waals surface area (Å²) in [5.41, 5.74) is 0. The van der Waals surface area contributed by atoms with E-state index in [9.17, 15) is 19.5 Å². The van der Waals surface area contributed by atoms with Crippen molar-refractivity contribution in [3.63, 3.8) is 0 Å². The maximum Gasteiger partial charge on any atom is 0.306 e. The fraction of sp³-hybridized carbons (Fsp3) is 0.795. The first kappa shape index (κ1) is 49.6. The molecule has 0 N–H and O–H groups in total. The first-order chi connectivity index (χ1) is 25.1. The van der Waals surface area contributed by atoms with Gasteiger partial charge in [-0.2, -0.15) is 0 Å². The minimum absolute atomic E-state index is 0.0354. The first-order valence-corrected chi connectivity index (χ1v) is 21.0. The number of carbonyl (C=O) groups is 3. The molecule has 0 saturated heterocycles. The highest BCUT2D eigenvalue weighted by Gasteiger charge is 2.25. The summed E-state index contributed by atoms with van der Waals surface area (Å²) < 4.78 is 17.1. The van der Waals surface area contributed by atoms with Crippen LogP contribution < -0.4 is 5.11 Å². The van der Waals surface area contributed by atoms with Crippen LogP contribution in [0, 0.1) is 0 Å². The van der Waals surface area contributed by atoms with Gasteiger partial charge in [0.05, 0.1) is 40.3 Å². The molecule has 0 radical (unpaired) electrons. The number of aliphatic carboxylic acids is 1. The van der Waals surface area contributed by atoms with Crippen LogP contribution in [0.4, 0.5) is 0 Å². The van der Waals surface area contributed by atoms with E-state index in [-0.39, 0.29) is 42.7 Å². The van der Waals surface area contributed by atoms with E-state index in [1.807, 2.05) is 0 Å². The molecule has 8 heteroatoms. The second-order valence-electron chi connectivity index (χ2n) is 15.2. The van der Waals surface area contributed by atoms with Crippen LogP contribution in [0.25, 0.3) is 0 Å². The van der Waals surface area contributed by atoms with E-state index in [0.717, 1.165) is 70.6 Å². The predicted octanol–water partition coefficient (Wildman–Crippen LogP) is 9.74. The molecule has 0 bridgehead atoms. The zero-order valence-electron chi connectivity index (χ0n) is 34.2. The van der Waals surface area contributed by atoms with Gasteiger partial charge in [-0.05, 0) is 64.2 Å². The summed E-state index contributed by atoms with van der Waals surface area (Å²) in [6, 6.07) is -0.726. The Kier molecular flexibility index (Phi) is 33.9. The number of rotatable bonds is 37. The van der Waals surface area contributed by atoms with E-state index in [1.165, 1.54) is 70.6 Å². The van der Waals surface area contributed by atoms with Gasteiger partial charge in [-0.3, -0.25) is 9.59 Å². The number of hydrogen-bond donors (Lipinski definition) is 0. The average Bonchev–Trinajstić information content (AvgIpc) is 3.09. The van der Waals surface area contributed by atoms with Gasteiger partial charge >= 0.3 is 11.9 Å². The number of likely N-dealkylation sites (N-methyl/N-ethyl adjacent to an activating group) is 1. The summed E-state index contributed by atoms with van der Waals surface area (Å²) in [5, 5.41) is 11.6. The molecule has 0 aliphatic heterocycles.